The molecule has 0 saturated heterocycles. The molecule has 0 saturated carbocycles. The van der Waals surface area contributed by atoms with Gasteiger partial charge in [-0.1, -0.05) is 6.92 Å². The highest BCUT2D eigenvalue weighted by Crippen LogP contribution is 2.20. The van der Waals surface area contributed by atoms with Gasteiger partial charge in [0.15, 0.2) is 17.5 Å². The molecule has 3 nitrogen and oxygen atoms in total. The van der Waals surface area contributed by atoms with Gasteiger partial charge in [0.25, 0.3) is 5.88 Å². The SMILES string of the molecule is CCC(C)Oc1nc(N)c(F)cc1F. The van der Waals surface area contributed by atoms with Crippen LogP contribution in [-0.2, 0) is 0 Å². The lowest BCUT2D eigenvalue weighted by Gasteiger charge is -2.12. The van der Waals surface area contributed by atoms with Gasteiger partial charge in [-0.3, -0.25) is 0 Å². The average Bonchev–Trinajstić information content (AvgIpc) is 2.14. The topological polar surface area (TPSA) is 48.1 Å². The minimum Gasteiger partial charge on any atom is -0.473 e. The van der Waals surface area contributed by atoms with Crippen molar-refractivity contribution >= 4 is 5.82 Å². The monoisotopic (exact) mass is 202 g/mol. The van der Waals surface area contributed by atoms with Gasteiger partial charge in [0, 0.05) is 6.07 Å². The van der Waals surface area contributed by atoms with Gasteiger partial charge in [-0.05, 0) is 13.3 Å². The first-order valence-electron chi connectivity index (χ1n) is 4.32. The summed E-state index contributed by atoms with van der Waals surface area (Å²) in [5, 5.41) is 0. The number of halogens is 2. The van der Waals surface area contributed by atoms with E-state index < -0.39 is 11.6 Å². The maximum absolute atomic E-state index is 13.0. The Morgan fingerprint density at radius 2 is 2.14 bits per heavy atom. The number of pyridine rings is 1. The Morgan fingerprint density at radius 3 is 2.71 bits per heavy atom. The Balaban J connectivity index is 2.92. The van der Waals surface area contributed by atoms with E-state index in [0.717, 1.165) is 0 Å². The second kappa shape index (κ2) is 4.21. The molecule has 0 bridgehead atoms. The molecule has 1 aromatic heterocycles. The second-order valence-corrected chi connectivity index (χ2v) is 2.98. The van der Waals surface area contributed by atoms with Gasteiger partial charge >= 0.3 is 0 Å². The third-order valence-corrected chi connectivity index (χ3v) is 1.81. The predicted molar refractivity (Wildman–Crippen MR) is 48.9 cm³/mol. The fourth-order valence-electron chi connectivity index (χ4n) is 0.820. The molecule has 0 aromatic carbocycles. The Bertz CT molecular complexity index is 331. The number of hydrogen-bond acceptors (Lipinski definition) is 3. The first kappa shape index (κ1) is 10.7. The number of aromatic nitrogens is 1. The van der Waals surface area contributed by atoms with Gasteiger partial charge < -0.3 is 10.5 Å². The summed E-state index contributed by atoms with van der Waals surface area (Å²) in [7, 11) is 0. The first-order chi connectivity index (χ1) is 6.54. The Morgan fingerprint density at radius 1 is 1.50 bits per heavy atom. The van der Waals surface area contributed by atoms with Crippen LogP contribution in [0.1, 0.15) is 20.3 Å². The Kier molecular flexibility index (Phi) is 3.22. The smallest absolute Gasteiger partial charge is 0.252 e. The van der Waals surface area contributed by atoms with Gasteiger partial charge in [-0.15, -0.1) is 0 Å². The summed E-state index contributed by atoms with van der Waals surface area (Å²) >= 11 is 0. The van der Waals surface area contributed by atoms with E-state index >= 15 is 0 Å². The molecule has 2 N–H and O–H groups in total. The van der Waals surface area contributed by atoms with E-state index in [1.165, 1.54) is 0 Å². The standard InChI is InChI=1S/C9H12F2N2O/c1-3-5(2)14-9-7(11)4-6(10)8(12)13-9/h4-5H,3H2,1-2H3,(H2,12,13). The van der Waals surface area contributed by atoms with Crippen LogP contribution in [0.15, 0.2) is 6.07 Å². The third-order valence-electron chi connectivity index (χ3n) is 1.81. The van der Waals surface area contributed by atoms with E-state index in [1.807, 2.05) is 6.92 Å². The minimum atomic E-state index is -0.876. The van der Waals surface area contributed by atoms with E-state index in [4.69, 9.17) is 10.5 Å². The second-order valence-electron chi connectivity index (χ2n) is 2.98. The lowest BCUT2D eigenvalue weighted by atomic mass is 10.3. The number of nitrogen functional groups attached to an aromatic ring is 1. The molecule has 0 fully saturated rings. The molecular weight excluding hydrogens is 190 g/mol. The summed E-state index contributed by atoms with van der Waals surface area (Å²) in [6.45, 7) is 3.65. The van der Waals surface area contributed by atoms with Crippen LogP contribution in [0.4, 0.5) is 14.6 Å². The summed E-state index contributed by atoms with van der Waals surface area (Å²) in [6, 6.07) is 0.667. The molecule has 1 atom stereocenters. The molecule has 78 valence electrons. The van der Waals surface area contributed by atoms with Crippen molar-refractivity contribution in [1.82, 2.24) is 4.98 Å². The van der Waals surface area contributed by atoms with Crippen LogP contribution in [0.25, 0.3) is 0 Å². The van der Waals surface area contributed by atoms with Crippen LogP contribution in [0.3, 0.4) is 0 Å². The zero-order valence-corrected chi connectivity index (χ0v) is 8.05. The van der Waals surface area contributed by atoms with Gasteiger partial charge in [0.1, 0.15) is 0 Å². The number of rotatable bonds is 3. The van der Waals surface area contributed by atoms with Gasteiger partial charge in [-0.25, -0.2) is 8.78 Å². The zero-order valence-electron chi connectivity index (χ0n) is 8.05. The molecule has 0 amide bonds. The molecule has 1 rings (SSSR count). The minimum absolute atomic E-state index is 0.179. The van der Waals surface area contributed by atoms with Crippen molar-refractivity contribution in [3.05, 3.63) is 17.7 Å². The molecule has 0 aliphatic heterocycles. The van der Waals surface area contributed by atoms with Crippen molar-refractivity contribution in [2.45, 2.75) is 26.4 Å². The average molecular weight is 202 g/mol. The van der Waals surface area contributed by atoms with E-state index in [0.29, 0.717) is 12.5 Å². The summed E-state index contributed by atoms with van der Waals surface area (Å²) in [5.41, 5.74) is 5.17. The van der Waals surface area contributed by atoms with E-state index in [-0.39, 0.29) is 17.8 Å². The van der Waals surface area contributed by atoms with Crippen LogP contribution in [0.5, 0.6) is 5.88 Å². The van der Waals surface area contributed by atoms with E-state index in [9.17, 15) is 8.78 Å². The number of nitrogens with two attached hydrogens (primary N) is 1. The van der Waals surface area contributed by atoms with Crippen molar-refractivity contribution in [3.8, 4) is 5.88 Å². The van der Waals surface area contributed by atoms with E-state index in [2.05, 4.69) is 4.98 Å². The summed E-state index contributed by atoms with van der Waals surface area (Å²) in [6.07, 6.45) is 0.528. The highest BCUT2D eigenvalue weighted by molar-refractivity contribution is 5.34. The van der Waals surface area contributed by atoms with Crippen LogP contribution in [0.2, 0.25) is 0 Å². The number of nitrogens with zero attached hydrogens (tertiary/aromatic N) is 1. The fraction of sp³-hybridized carbons (Fsp3) is 0.444. The first-order valence-corrected chi connectivity index (χ1v) is 4.32. The molecule has 0 aliphatic rings. The summed E-state index contributed by atoms with van der Waals surface area (Å²) < 4.78 is 30.8. The normalized spacial score (nSPS) is 12.6. The Labute approximate surface area is 80.9 Å². The molecule has 1 heterocycles. The van der Waals surface area contributed by atoms with Gasteiger partial charge in [0.05, 0.1) is 6.10 Å². The number of hydrogen-bond donors (Lipinski definition) is 1. The van der Waals surface area contributed by atoms with Crippen LogP contribution in [-0.4, -0.2) is 11.1 Å². The van der Waals surface area contributed by atoms with Crippen LogP contribution >= 0.6 is 0 Å². The van der Waals surface area contributed by atoms with Crippen molar-refractivity contribution in [1.29, 1.82) is 0 Å². The fourth-order valence-corrected chi connectivity index (χ4v) is 0.820. The molecular formula is C9H12F2N2O. The molecule has 1 aromatic rings. The summed E-state index contributed by atoms with van der Waals surface area (Å²) in [4.78, 5) is 3.47. The predicted octanol–water partition coefficient (Wildman–Crippen LogP) is 2.12. The molecule has 5 heteroatoms. The highest BCUT2D eigenvalue weighted by atomic mass is 19.1. The highest BCUT2D eigenvalue weighted by Gasteiger charge is 2.12. The number of anilines is 1. The Hall–Kier alpha value is -1.39. The number of ether oxygens (including phenoxy) is 1. The van der Waals surface area contributed by atoms with Gasteiger partial charge in [-0.2, -0.15) is 4.98 Å². The summed E-state index contributed by atoms with van der Waals surface area (Å²) in [5.74, 6) is -2.32. The van der Waals surface area contributed by atoms with Crippen LogP contribution < -0.4 is 10.5 Å². The molecule has 0 aliphatic carbocycles. The maximum atomic E-state index is 13.0. The zero-order chi connectivity index (χ0) is 10.7. The van der Waals surface area contributed by atoms with E-state index in [1.54, 1.807) is 6.92 Å². The molecule has 14 heavy (non-hydrogen) atoms. The molecule has 0 radical (unpaired) electrons. The largest absolute Gasteiger partial charge is 0.473 e. The lowest BCUT2D eigenvalue weighted by Crippen LogP contribution is -2.13. The quantitative estimate of drug-likeness (QED) is 0.816. The lowest BCUT2D eigenvalue weighted by molar-refractivity contribution is 0.198. The maximum Gasteiger partial charge on any atom is 0.252 e. The van der Waals surface area contributed by atoms with Crippen LogP contribution in [0, 0.1) is 11.6 Å². The third kappa shape index (κ3) is 2.31. The van der Waals surface area contributed by atoms with Crippen molar-refractivity contribution in [2.75, 3.05) is 5.73 Å². The van der Waals surface area contributed by atoms with Crippen molar-refractivity contribution in [3.63, 3.8) is 0 Å². The molecule has 1 unspecified atom stereocenters. The van der Waals surface area contributed by atoms with Crippen molar-refractivity contribution < 1.29 is 13.5 Å². The molecule has 0 spiro atoms. The van der Waals surface area contributed by atoms with Gasteiger partial charge in [0.2, 0.25) is 0 Å². The van der Waals surface area contributed by atoms with Crippen molar-refractivity contribution in [2.24, 2.45) is 0 Å².